The summed E-state index contributed by atoms with van der Waals surface area (Å²) >= 11 is 0. The molecule has 0 radical (unpaired) electrons. The summed E-state index contributed by atoms with van der Waals surface area (Å²) in [6.45, 7) is 9.59. The quantitative estimate of drug-likeness (QED) is 0.304. The van der Waals surface area contributed by atoms with Crippen molar-refractivity contribution in [1.29, 1.82) is 0 Å². The average molecular weight is 601 g/mol. The van der Waals surface area contributed by atoms with Crippen LogP contribution in [0.15, 0.2) is 78.9 Å². The van der Waals surface area contributed by atoms with Crippen molar-refractivity contribution in [2.75, 3.05) is 13.1 Å². The molecule has 2 aliphatic rings. The Labute approximate surface area is 260 Å². The van der Waals surface area contributed by atoms with Crippen molar-refractivity contribution in [1.82, 2.24) is 10.2 Å². The highest BCUT2D eigenvalue weighted by Gasteiger charge is 2.42. The van der Waals surface area contributed by atoms with Crippen LogP contribution in [-0.2, 0) is 32.2 Å². The lowest BCUT2D eigenvalue weighted by Gasteiger charge is -2.43. The van der Waals surface area contributed by atoms with E-state index in [2.05, 4.69) is 17.1 Å². The smallest absolute Gasteiger partial charge is 0.323 e. The Morgan fingerprint density at radius 3 is 2.25 bits per heavy atom. The number of likely N-dealkylation sites (tertiary alicyclic amines) is 1. The molecule has 2 heterocycles. The summed E-state index contributed by atoms with van der Waals surface area (Å²) in [5.41, 5.74) is 3.78. The number of aliphatic hydroxyl groups excluding tert-OH is 1. The topological polar surface area (TPSA) is 97.3 Å². The highest BCUT2D eigenvalue weighted by molar-refractivity contribution is 5.94. The number of carbonyl (C=O) groups is 2. The van der Waals surface area contributed by atoms with Gasteiger partial charge >= 0.3 is 5.97 Å². The van der Waals surface area contributed by atoms with Crippen LogP contribution in [0.5, 0.6) is 0 Å². The molecule has 3 aromatic rings. The maximum Gasteiger partial charge on any atom is 0.323 e. The summed E-state index contributed by atoms with van der Waals surface area (Å²) < 4.78 is 19.0. The Morgan fingerprint density at radius 2 is 1.59 bits per heavy atom. The fourth-order valence-electron chi connectivity index (χ4n) is 5.91. The largest absolute Gasteiger partial charge is 0.459 e. The molecule has 8 nitrogen and oxygen atoms in total. The maximum absolute atomic E-state index is 13.1. The van der Waals surface area contributed by atoms with E-state index >= 15 is 0 Å². The van der Waals surface area contributed by atoms with E-state index in [0.717, 1.165) is 41.6 Å². The first-order valence-electron chi connectivity index (χ1n) is 15.5. The molecule has 8 heteroatoms. The van der Waals surface area contributed by atoms with E-state index in [4.69, 9.17) is 14.2 Å². The van der Waals surface area contributed by atoms with E-state index in [1.165, 1.54) is 0 Å². The van der Waals surface area contributed by atoms with Gasteiger partial charge in [-0.1, -0.05) is 73.7 Å². The van der Waals surface area contributed by atoms with Gasteiger partial charge in [0.25, 0.3) is 5.91 Å². The van der Waals surface area contributed by atoms with Crippen LogP contribution in [0.2, 0.25) is 0 Å². The second-order valence-electron chi connectivity index (χ2n) is 12.8. The van der Waals surface area contributed by atoms with E-state index in [9.17, 15) is 14.7 Å². The highest BCUT2D eigenvalue weighted by Crippen LogP contribution is 2.42. The molecule has 2 N–H and O–H groups in total. The van der Waals surface area contributed by atoms with E-state index in [-0.39, 0.29) is 42.7 Å². The third kappa shape index (κ3) is 7.93. The maximum atomic E-state index is 13.1. The van der Waals surface area contributed by atoms with Crippen molar-refractivity contribution in [3.63, 3.8) is 0 Å². The van der Waals surface area contributed by atoms with Gasteiger partial charge in [0, 0.05) is 30.1 Å². The Bertz CT molecular complexity index is 1390. The summed E-state index contributed by atoms with van der Waals surface area (Å²) in [4.78, 5) is 27.7. The first-order valence-corrected chi connectivity index (χ1v) is 15.5. The van der Waals surface area contributed by atoms with Crippen molar-refractivity contribution in [2.24, 2.45) is 5.92 Å². The van der Waals surface area contributed by atoms with Gasteiger partial charge in [0.2, 0.25) is 0 Å². The second-order valence-corrected chi connectivity index (χ2v) is 12.8. The first kappa shape index (κ1) is 31.9. The van der Waals surface area contributed by atoms with Crippen LogP contribution in [0.4, 0.5) is 0 Å². The van der Waals surface area contributed by atoms with Gasteiger partial charge < -0.3 is 24.6 Å². The third-order valence-electron chi connectivity index (χ3n) is 8.32. The Morgan fingerprint density at radius 1 is 0.932 bits per heavy atom. The summed E-state index contributed by atoms with van der Waals surface area (Å²) in [5, 5.41) is 12.5. The molecular weight excluding hydrogens is 556 g/mol. The Hall–Kier alpha value is -3.56. The van der Waals surface area contributed by atoms with Gasteiger partial charge in [0.1, 0.15) is 11.6 Å². The zero-order chi connectivity index (χ0) is 31.3. The van der Waals surface area contributed by atoms with Gasteiger partial charge in [0.05, 0.1) is 18.8 Å². The molecule has 234 valence electrons. The van der Waals surface area contributed by atoms with Crippen LogP contribution in [0, 0.1) is 5.92 Å². The minimum Gasteiger partial charge on any atom is -0.459 e. The monoisotopic (exact) mass is 600 g/mol. The number of carbonyl (C=O) groups excluding carboxylic acids is 2. The van der Waals surface area contributed by atoms with Crippen LogP contribution in [0.1, 0.15) is 85.5 Å². The molecule has 0 unspecified atom stereocenters. The molecule has 2 aliphatic heterocycles. The zero-order valence-corrected chi connectivity index (χ0v) is 26.1. The lowest BCUT2D eigenvalue weighted by Crippen LogP contribution is -2.48. The number of benzene rings is 3. The van der Waals surface area contributed by atoms with Gasteiger partial charge in [-0.05, 0) is 69.0 Å². The SMILES string of the molecule is C[C@@H]1[C@H](CN2CCC[C@H]2C(=O)OC(C)(C)C)O[C@H](c2ccc(CNC(=O)c3ccccc3)cc2)O[C@@H]1c1ccc(CO)cc1. The number of aliphatic hydroxyl groups is 1. The first-order chi connectivity index (χ1) is 21.1. The molecule has 0 spiro atoms. The van der Waals surface area contributed by atoms with E-state index < -0.39 is 11.9 Å². The van der Waals surface area contributed by atoms with Gasteiger partial charge in [0.15, 0.2) is 6.29 Å². The Kier molecular flexibility index (Phi) is 10.2. The lowest BCUT2D eigenvalue weighted by atomic mass is 9.90. The molecular formula is C36H44N2O6. The number of ether oxygens (including phenoxy) is 3. The number of rotatable bonds is 9. The normalized spacial score (nSPS) is 24.2. The van der Waals surface area contributed by atoms with Crippen LogP contribution in [-0.4, -0.2) is 52.7 Å². The number of hydrogen-bond acceptors (Lipinski definition) is 7. The molecule has 1 amide bonds. The Balaban J connectivity index is 1.32. The fourth-order valence-corrected chi connectivity index (χ4v) is 5.91. The second kappa shape index (κ2) is 14.0. The van der Waals surface area contributed by atoms with Crippen molar-refractivity contribution in [3.8, 4) is 0 Å². The average Bonchev–Trinajstić information content (AvgIpc) is 3.49. The molecule has 5 rings (SSSR count). The summed E-state index contributed by atoms with van der Waals surface area (Å²) in [5.74, 6) is -0.303. The van der Waals surface area contributed by atoms with Gasteiger partial charge in [-0.2, -0.15) is 0 Å². The van der Waals surface area contributed by atoms with Gasteiger partial charge in [-0.15, -0.1) is 0 Å². The number of nitrogens with zero attached hydrogens (tertiary/aromatic N) is 1. The van der Waals surface area contributed by atoms with Crippen LogP contribution >= 0.6 is 0 Å². The third-order valence-corrected chi connectivity index (χ3v) is 8.32. The summed E-state index contributed by atoms with van der Waals surface area (Å²) in [6, 6.07) is 24.6. The predicted molar refractivity (Wildman–Crippen MR) is 167 cm³/mol. The van der Waals surface area contributed by atoms with E-state index in [1.54, 1.807) is 12.1 Å². The van der Waals surface area contributed by atoms with Crippen LogP contribution in [0.25, 0.3) is 0 Å². The van der Waals surface area contributed by atoms with Crippen LogP contribution < -0.4 is 5.32 Å². The van der Waals surface area contributed by atoms with Crippen LogP contribution in [0.3, 0.4) is 0 Å². The van der Waals surface area contributed by atoms with Crippen molar-refractivity contribution < 1.29 is 28.9 Å². The van der Waals surface area contributed by atoms with Crippen molar-refractivity contribution in [2.45, 2.75) is 83.8 Å². The number of amides is 1. The lowest BCUT2D eigenvalue weighted by molar-refractivity contribution is -0.276. The highest BCUT2D eigenvalue weighted by atomic mass is 16.7. The molecule has 5 atom stereocenters. The standard InChI is InChI=1S/C36H44N2O6/c1-24-31(22-38-20-8-11-30(38)34(41)44-36(2,3)4)42-35(43-32(24)27-16-14-26(23-39)15-17-27)29-18-12-25(13-19-29)21-37-33(40)28-9-6-5-7-10-28/h5-7,9-10,12-19,24,30-32,35,39H,8,11,20-23H2,1-4H3,(H,37,40)/t24-,30+,31+,32+,35+/m1/s1. The molecule has 2 fully saturated rings. The predicted octanol–water partition coefficient (Wildman–Crippen LogP) is 5.71. The van der Waals surface area contributed by atoms with Gasteiger partial charge in [-0.25, -0.2) is 0 Å². The molecule has 3 aromatic carbocycles. The van der Waals surface area contributed by atoms with Crippen molar-refractivity contribution in [3.05, 3.63) is 107 Å². The number of hydrogen-bond donors (Lipinski definition) is 2. The molecule has 0 aromatic heterocycles. The molecule has 0 saturated carbocycles. The fraction of sp³-hybridized carbons (Fsp3) is 0.444. The summed E-state index contributed by atoms with van der Waals surface area (Å²) in [6.07, 6.45) is 0.626. The molecule has 0 bridgehead atoms. The zero-order valence-electron chi connectivity index (χ0n) is 26.1. The van der Waals surface area contributed by atoms with Crippen molar-refractivity contribution >= 4 is 11.9 Å². The minimum absolute atomic E-state index is 0.00131. The van der Waals surface area contributed by atoms with Gasteiger partial charge in [-0.3, -0.25) is 14.5 Å². The number of nitrogens with one attached hydrogen (secondary N) is 1. The minimum atomic E-state index is -0.616. The number of esters is 1. The summed E-state index contributed by atoms with van der Waals surface area (Å²) in [7, 11) is 0. The van der Waals surface area contributed by atoms with E-state index in [1.807, 2.05) is 87.5 Å². The van der Waals surface area contributed by atoms with E-state index in [0.29, 0.717) is 18.7 Å². The molecule has 44 heavy (non-hydrogen) atoms. The molecule has 0 aliphatic carbocycles. The molecule has 2 saturated heterocycles.